The highest BCUT2D eigenvalue weighted by molar-refractivity contribution is 8.24. The van der Waals surface area contributed by atoms with Crippen molar-refractivity contribution in [2.75, 3.05) is 29.9 Å². The van der Waals surface area contributed by atoms with Gasteiger partial charge in [0.15, 0.2) is 0 Å². The van der Waals surface area contributed by atoms with Gasteiger partial charge in [0.25, 0.3) is 5.91 Å². The van der Waals surface area contributed by atoms with Crippen LogP contribution in [-0.4, -0.2) is 54.6 Å². The fourth-order valence-corrected chi connectivity index (χ4v) is 6.14. The summed E-state index contributed by atoms with van der Waals surface area (Å²) in [6.45, 7) is 5.32. The summed E-state index contributed by atoms with van der Waals surface area (Å²) in [7, 11) is -2.43. The van der Waals surface area contributed by atoms with Crippen LogP contribution in [0.4, 0.5) is 10.8 Å². The average Bonchev–Trinajstić information content (AvgIpc) is 3.19. The van der Waals surface area contributed by atoms with Gasteiger partial charge in [0.05, 0.1) is 28.4 Å². The molecule has 4 rings (SSSR count). The van der Waals surface area contributed by atoms with E-state index < -0.39 is 22.1 Å². The largest absolute Gasteiger partial charge is 0.386 e. The van der Waals surface area contributed by atoms with E-state index in [0.29, 0.717) is 47.5 Å². The average molecular weight is 503 g/mol. The molecule has 182 valence electrons. The van der Waals surface area contributed by atoms with E-state index in [1.165, 1.54) is 11.3 Å². The number of benzene rings is 1. The van der Waals surface area contributed by atoms with Gasteiger partial charge in [0.1, 0.15) is 10.8 Å². The molecule has 3 aromatic rings. The first-order valence-corrected chi connectivity index (χ1v) is 13.7. The summed E-state index contributed by atoms with van der Waals surface area (Å²) in [5.41, 5.74) is 7.69. The number of rotatable bonds is 7. The van der Waals surface area contributed by atoms with Crippen molar-refractivity contribution in [3.05, 3.63) is 65.4 Å². The van der Waals surface area contributed by atoms with Crippen LogP contribution in [0.5, 0.6) is 0 Å². The smallest absolute Gasteiger partial charge is 0.251 e. The third-order valence-corrected chi connectivity index (χ3v) is 8.55. The molecule has 6 N–H and O–H groups in total. The Morgan fingerprint density at radius 1 is 1.18 bits per heavy atom. The molecule has 0 saturated carbocycles. The molecule has 10 heteroatoms. The first kappa shape index (κ1) is 24.6. The maximum Gasteiger partial charge on any atom is 0.251 e. The number of carbonyl (C=O) groups is 1. The van der Waals surface area contributed by atoms with Crippen molar-refractivity contribution in [2.45, 2.75) is 26.0 Å². The lowest BCUT2D eigenvalue weighted by atomic mass is 9.97. The molecule has 0 spiro atoms. The number of hydrogen-bond donors (Lipinski definition) is 5. The molecule has 0 atom stereocenters. The van der Waals surface area contributed by atoms with E-state index in [4.69, 9.17) is 5.73 Å². The molecular weight excluding hydrogens is 472 g/mol. The first-order chi connectivity index (χ1) is 16.0. The van der Waals surface area contributed by atoms with Crippen molar-refractivity contribution in [1.29, 1.82) is 0 Å². The standard InChI is InChI=1S/C24H30N4O4S2/c1-24(2,30)17-8-6-16(7-9-17)20-14-19(22(25)29)23(33-20)27-21-5-3-4-18(26-21)15-28-10-12-34(31,32)13-11-28/h3-9,14,30-32H,10-13,15H2,1-2H3,(H2,25,29)(H,26,27). The van der Waals surface area contributed by atoms with Crippen LogP contribution in [0.2, 0.25) is 0 Å². The molecule has 1 aliphatic rings. The number of aromatic nitrogens is 1. The topological polar surface area (TPSA) is 132 Å². The van der Waals surface area contributed by atoms with Crippen LogP contribution in [0.25, 0.3) is 10.4 Å². The predicted octanol–water partition coefficient (Wildman–Crippen LogP) is 4.45. The van der Waals surface area contributed by atoms with E-state index in [-0.39, 0.29) is 0 Å². The Morgan fingerprint density at radius 2 is 1.85 bits per heavy atom. The molecule has 1 aliphatic heterocycles. The van der Waals surface area contributed by atoms with E-state index in [1.807, 2.05) is 42.5 Å². The molecule has 1 fully saturated rings. The molecule has 1 saturated heterocycles. The summed E-state index contributed by atoms with van der Waals surface area (Å²) in [5.74, 6) is 0.859. The van der Waals surface area contributed by atoms with Crippen LogP contribution < -0.4 is 11.1 Å². The first-order valence-electron chi connectivity index (χ1n) is 11.0. The van der Waals surface area contributed by atoms with Gasteiger partial charge in [-0.1, -0.05) is 30.3 Å². The monoisotopic (exact) mass is 502 g/mol. The van der Waals surface area contributed by atoms with E-state index in [0.717, 1.165) is 21.7 Å². The second-order valence-corrected chi connectivity index (χ2v) is 12.5. The lowest BCUT2D eigenvalue weighted by Gasteiger charge is -2.40. The van der Waals surface area contributed by atoms with Crippen molar-refractivity contribution in [1.82, 2.24) is 9.88 Å². The zero-order valence-corrected chi connectivity index (χ0v) is 20.8. The minimum Gasteiger partial charge on any atom is -0.386 e. The number of aliphatic hydroxyl groups is 1. The Balaban J connectivity index is 1.52. The zero-order valence-electron chi connectivity index (χ0n) is 19.2. The molecule has 34 heavy (non-hydrogen) atoms. The van der Waals surface area contributed by atoms with Gasteiger partial charge in [0.2, 0.25) is 0 Å². The van der Waals surface area contributed by atoms with Crippen LogP contribution in [0.3, 0.4) is 0 Å². The van der Waals surface area contributed by atoms with E-state index in [9.17, 15) is 19.0 Å². The van der Waals surface area contributed by atoms with Gasteiger partial charge in [0, 0.05) is 24.5 Å². The van der Waals surface area contributed by atoms with Crippen LogP contribution in [0, 0.1) is 0 Å². The number of nitrogens with one attached hydrogen (secondary N) is 1. The minimum atomic E-state index is -2.43. The highest BCUT2D eigenvalue weighted by Crippen LogP contribution is 2.40. The highest BCUT2D eigenvalue weighted by Gasteiger charge is 2.23. The number of pyridine rings is 1. The van der Waals surface area contributed by atoms with Crippen molar-refractivity contribution >= 4 is 38.7 Å². The fourth-order valence-electron chi connectivity index (χ4n) is 3.76. The van der Waals surface area contributed by atoms with Crippen LogP contribution in [0.1, 0.15) is 35.5 Å². The van der Waals surface area contributed by atoms with Gasteiger partial charge in [-0.15, -0.1) is 11.3 Å². The Bertz CT molecular complexity index is 1160. The quantitative estimate of drug-likeness (QED) is 0.322. The van der Waals surface area contributed by atoms with Crippen LogP contribution in [0.15, 0.2) is 48.5 Å². The van der Waals surface area contributed by atoms with E-state index in [1.54, 1.807) is 19.9 Å². The second kappa shape index (κ2) is 9.65. The molecule has 8 nitrogen and oxygen atoms in total. The number of amides is 1. The SMILES string of the molecule is CC(C)(O)c1ccc(-c2cc(C(N)=O)c(Nc3cccc(CN4CCS(O)(O)CC4)n3)s2)cc1. The van der Waals surface area contributed by atoms with Gasteiger partial charge in [-0.25, -0.2) is 4.98 Å². The maximum absolute atomic E-state index is 12.1. The van der Waals surface area contributed by atoms with E-state index >= 15 is 0 Å². The third kappa shape index (κ3) is 5.96. The fraction of sp³-hybridized carbons (Fsp3) is 0.333. The maximum atomic E-state index is 12.1. The van der Waals surface area contributed by atoms with E-state index in [2.05, 4.69) is 15.2 Å². The summed E-state index contributed by atoms with van der Waals surface area (Å²) in [6.07, 6.45) is 0. The van der Waals surface area contributed by atoms with Gasteiger partial charge < -0.3 is 16.2 Å². The Morgan fingerprint density at radius 3 is 2.47 bits per heavy atom. The second-order valence-electron chi connectivity index (χ2n) is 8.98. The molecule has 0 unspecified atom stereocenters. The normalized spacial score (nSPS) is 17.3. The minimum absolute atomic E-state index is 0.389. The molecule has 3 heterocycles. The zero-order chi connectivity index (χ0) is 24.5. The molecule has 2 aromatic heterocycles. The summed E-state index contributed by atoms with van der Waals surface area (Å²) < 4.78 is 19.6. The van der Waals surface area contributed by atoms with Crippen LogP contribution in [-0.2, 0) is 12.1 Å². The molecule has 0 bridgehead atoms. The summed E-state index contributed by atoms with van der Waals surface area (Å²) in [6, 6.07) is 15.0. The van der Waals surface area contributed by atoms with Gasteiger partial charge in [-0.3, -0.25) is 18.8 Å². The Labute approximate surface area is 204 Å². The van der Waals surface area contributed by atoms with Crippen molar-refractivity contribution < 1.29 is 19.0 Å². The van der Waals surface area contributed by atoms with Crippen molar-refractivity contribution in [3.63, 3.8) is 0 Å². The summed E-state index contributed by atoms with van der Waals surface area (Å²) >= 11 is 1.41. The van der Waals surface area contributed by atoms with Gasteiger partial charge >= 0.3 is 0 Å². The summed E-state index contributed by atoms with van der Waals surface area (Å²) in [5, 5.41) is 14.0. The van der Waals surface area contributed by atoms with Crippen molar-refractivity contribution in [2.24, 2.45) is 5.73 Å². The lowest BCUT2D eigenvalue weighted by Crippen LogP contribution is -2.37. The Kier molecular flexibility index (Phi) is 6.99. The van der Waals surface area contributed by atoms with Crippen molar-refractivity contribution in [3.8, 4) is 10.4 Å². The third-order valence-electron chi connectivity index (χ3n) is 5.78. The number of nitrogens with zero attached hydrogens (tertiary/aromatic N) is 2. The molecule has 1 aromatic carbocycles. The van der Waals surface area contributed by atoms with Gasteiger partial charge in [-0.2, -0.15) is 10.6 Å². The molecule has 0 radical (unpaired) electrons. The van der Waals surface area contributed by atoms with Crippen LogP contribution >= 0.6 is 21.9 Å². The number of anilines is 2. The number of nitrogens with two attached hydrogens (primary N) is 1. The Hall–Kier alpha value is -2.47. The molecular formula is C24H30N4O4S2. The molecule has 0 aliphatic carbocycles. The number of thiophene rings is 1. The highest BCUT2D eigenvalue weighted by atomic mass is 32.3. The number of hydrogen-bond acceptors (Lipinski definition) is 8. The van der Waals surface area contributed by atoms with Gasteiger partial charge in [-0.05, 0) is 43.2 Å². The predicted molar refractivity (Wildman–Crippen MR) is 139 cm³/mol. The number of primary amides is 1. The molecule has 1 amide bonds. The summed E-state index contributed by atoms with van der Waals surface area (Å²) in [4.78, 5) is 19.8. The number of carbonyl (C=O) groups excluding carboxylic acids is 1. The lowest BCUT2D eigenvalue weighted by molar-refractivity contribution is 0.0786.